The Hall–Kier alpha value is -1.06. The molecule has 1 saturated heterocycles. The molecule has 1 amide bonds. The summed E-state index contributed by atoms with van der Waals surface area (Å²) >= 11 is 0. The SMILES string of the molecule is CC(C(=O)[O-])[C@H]1CCC(=O)N1. The smallest absolute Gasteiger partial charge is 0.220 e. The molecule has 62 valence electrons. The van der Waals surface area contributed by atoms with Gasteiger partial charge in [0, 0.05) is 24.3 Å². The summed E-state index contributed by atoms with van der Waals surface area (Å²) < 4.78 is 0. The van der Waals surface area contributed by atoms with Crippen LogP contribution in [0.1, 0.15) is 19.8 Å². The number of hydrogen-bond donors (Lipinski definition) is 1. The average Bonchev–Trinajstić information content (AvgIpc) is 2.34. The molecule has 1 heterocycles. The van der Waals surface area contributed by atoms with Gasteiger partial charge in [-0.1, -0.05) is 6.92 Å². The second-order valence-electron chi connectivity index (χ2n) is 2.82. The summed E-state index contributed by atoms with van der Waals surface area (Å²) in [6.45, 7) is 1.55. The molecule has 2 atom stereocenters. The van der Waals surface area contributed by atoms with Gasteiger partial charge in [-0.2, -0.15) is 0 Å². The Labute approximate surface area is 64.6 Å². The molecule has 11 heavy (non-hydrogen) atoms. The van der Waals surface area contributed by atoms with Crippen LogP contribution in [-0.4, -0.2) is 17.9 Å². The van der Waals surface area contributed by atoms with Crippen LogP contribution in [0.4, 0.5) is 0 Å². The summed E-state index contributed by atoms with van der Waals surface area (Å²) in [6.07, 6.45) is 1.04. The first-order chi connectivity index (χ1) is 5.11. The zero-order chi connectivity index (χ0) is 8.43. The normalized spacial score (nSPS) is 26.3. The van der Waals surface area contributed by atoms with E-state index in [1.54, 1.807) is 6.92 Å². The van der Waals surface area contributed by atoms with E-state index in [1.165, 1.54) is 0 Å². The molecule has 1 aliphatic heterocycles. The first-order valence-corrected chi connectivity index (χ1v) is 3.61. The van der Waals surface area contributed by atoms with Crippen molar-refractivity contribution in [1.29, 1.82) is 0 Å². The fourth-order valence-corrected chi connectivity index (χ4v) is 1.18. The lowest BCUT2D eigenvalue weighted by molar-refractivity contribution is -0.311. The van der Waals surface area contributed by atoms with Gasteiger partial charge in [0.15, 0.2) is 0 Å². The first kappa shape index (κ1) is 8.04. The number of rotatable bonds is 2. The number of aliphatic carboxylic acids is 1. The fraction of sp³-hybridized carbons (Fsp3) is 0.714. The van der Waals surface area contributed by atoms with Gasteiger partial charge >= 0.3 is 0 Å². The van der Waals surface area contributed by atoms with Gasteiger partial charge in [0.2, 0.25) is 5.91 Å². The highest BCUT2D eigenvalue weighted by atomic mass is 16.4. The number of nitrogens with one attached hydrogen (secondary N) is 1. The third kappa shape index (κ3) is 1.69. The summed E-state index contributed by atoms with van der Waals surface area (Å²) in [6, 6.07) is -0.229. The van der Waals surface area contributed by atoms with E-state index >= 15 is 0 Å². The van der Waals surface area contributed by atoms with Crippen LogP contribution in [0.25, 0.3) is 0 Å². The number of carbonyl (C=O) groups is 2. The van der Waals surface area contributed by atoms with Crippen molar-refractivity contribution in [1.82, 2.24) is 5.32 Å². The van der Waals surface area contributed by atoms with E-state index in [4.69, 9.17) is 0 Å². The van der Waals surface area contributed by atoms with Crippen molar-refractivity contribution in [3.63, 3.8) is 0 Å². The monoisotopic (exact) mass is 156 g/mol. The molecule has 0 bridgehead atoms. The van der Waals surface area contributed by atoms with Gasteiger partial charge < -0.3 is 15.2 Å². The molecule has 0 spiro atoms. The standard InChI is InChI=1S/C7H11NO3/c1-4(7(10)11)5-2-3-6(9)8-5/h4-5H,2-3H2,1H3,(H,8,9)(H,10,11)/p-1/t4?,5-/m1/s1. The largest absolute Gasteiger partial charge is 0.550 e. The summed E-state index contributed by atoms with van der Waals surface area (Å²) in [5, 5.41) is 12.9. The molecular weight excluding hydrogens is 146 g/mol. The molecule has 0 aromatic rings. The van der Waals surface area contributed by atoms with Crippen LogP contribution in [-0.2, 0) is 9.59 Å². The van der Waals surface area contributed by atoms with Crippen molar-refractivity contribution in [2.45, 2.75) is 25.8 Å². The lowest BCUT2D eigenvalue weighted by atomic mass is 10.0. The molecule has 0 aliphatic carbocycles. The molecule has 0 aromatic carbocycles. The zero-order valence-corrected chi connectivity index (χ0v) is 6.29. The minimum Gasteiger partial charge on any atom is -0.550 e. The highest BCUT2D eigenvalue weighted by Gasteiger charge is 2.26. The molecule has 0 aromatic heterocycles. The molecule has 1 N–H and O–H groups in total. The van der Waals surface area contributed by atoms with E-state index in [0.29, 0.717) is 12.8 Å². The van der Waals surface area contributed by atoms with Crippen LogP contribution in [0.3, 0.4) is 0 Å². The highest BCUT2D eigenvalue weighted by molar-refractivity contribution is 5.80. The second-order valence-corrected chi connectivity index (χ2v) is 2.82. The Morgan fingerprint density at radius 2 is 2.45 bits per heavy atom. The molecule has 4 heteroatoms. The molecule has 0 radical (unpaired) electrons. The third-order valence-electron chi connectivity index (χ3n) is 2.00. The van der Waals surface area contributed by atoms with Crippen LogP contribution < -0.4 is 10.4 Å². The van der Waals surface area contributed by atoms with Crippen molar-refractivity contribution in [2.24, 2.45) is 5.92 Å². The minimum absolute atomic E-state index is 0.0666. The van der Waals surface area contributed by atoms with Crippen LogP contribution in [0.2, 0.25) is 0 Å². The number of carboxylic acids is 1. The second kappa shape index (κ2) is 2.90. The molecular formula is C7H10NO3-. The van der Waals surface area contributed by atoms with Crippen LogP contribution in [0, 0.1) is 5.92 Å². The van der Waals surface area contributed by atoms with Crippen LogP contribution >= 0.6 is 0 Å². The maximum atomic E-state index is 10.7. The molecule has 1 unspecified atom stereocenters. The molecule has 0 saturated carbocycles. The average molecular weight is 156 g/mol. The maximum absolute atomic E-state index is 10.7. The van der Waals surface area contributed by atoms with Gasteiger partial charge in [-0.15, -0.1) is 0 Å². The zero-order valence-electron chi connectivity index (χ0n) is 6.29. The molecule has 1 fully saturated rings. The summed E-state index contributed by atoms with van der Waals surface area (Å²) in [7, 11) is 0. The topological polar surface area (TPSA) is 69.2 Å². The van der Waals surface area contributed by atoms with Gasteiger partial charge in [0.25, 0.3) is 0 Å². The number of hydrogen-bond acceptors (Lipinski definition) is 3. The van der Waals surface area contributed by atoms with Crippen molar-refractivity contribution in [2.75, 3.05) is 0 Å². The van der Waals surface area contributed by atoms with E-state index in [-0.39, 0.29) is 11.9 Å². The van der Waals surface area contributed by atoms with E-state index in [2.05, 4.69) is 5.32 Å². The van der Waals surface area contributed by atoms with Crippen molar-refractivity contribution in [3.8, 4) is 0 Å². The number of amides is 1. The lowest BCUT2D eigenvalue weighted by Gasteiger charge is -2.19. The Morgan fingerprint density at radius 1 is 1.82 bits per heavy atom. The van der Waals surface area contributed by atoms with E-state index < -0.39 is 11.9 Å². The van der Waals surface area contributed by atoms with Crippen LogP contribution in [0.15, 0.2) is 0 Å². The van der Waals surface area contributed by atoms with E-state index in [9.17, 15) is 14.7 Å². The lowest BCUT2D eigenvalue weighted by Crippen LogP contribution is -2.42. The van der Waals surface area contributed by atoms with Gasteiger partial charge in [-0.3, -0.25) is 4.79 Å². The molecule has 1 aliphatic rings. The Morgan fingerprint density at radius 3 is 2.82 bits per heavy atom. The first-order valence-electron chi connectivity index (χ1n) is 3.61. The number of carboxylic acid groups (broad SMARTS) is 1. The summed E-state index contributed by atoms with van der Waals surface area (Å²) in [4.78, 5) is 21.0. The highest BCUT2D eigenvalue weighted by Crippen LogP contribution is 2.14. The van der Waals surface area contributed by atoms with Gasteiger partial charge in [-0.25, -0.2) is 0 Å². The minimum atomic E-state index is -1.10. The number of carbonyl (C=O) groups excluding carboxylic acids is 2. The van der Waals surface area contributed by atoms with E-state index in [1.807, 2.05) is 0 Å². The fourth-order valence-electron chi connectivity index (χ4n) is 1.18. The Bertz CT molecular complexity index is 190. The van der Waals surface area contributed by atoms with Crippen molar-refractivity contribution < 1.29 is 14.7 Å². The van der Waals surface area contributed by atoms with Crippen LogP contribution in [0.5, 0.6) is 0 Å². The Balaban J connectivity index is 2.49. The van der Waals surface area contributed by atoms with Gasteiger partial charge in [0.05, 0.1) is 0 Å². The van der Waals surface area contributed by atoms with Crippen molar-refractivity contribution in [3.05, 3.63) is 0 Å². The molecule has 4 nitrogen and oxygen atoms in total. The maximum Gasteiger partial charge on any atom is 0.220 e. The molecule has 1 rings (SSSR count). The Kier molecular flexibility index (Phi) is 2.12. The summed E-state index contributed by atoms with van der Waals surface area (Å²) in [5.41, 5.74) is 0. The van der Waals surface area contributed by atoms with Gasteiger partial charge in [-0.05, 0) is 6.42 Å². The van der Waals surface area contributed by atoms with E-state index in [0.717, 1.165) is 0 Å². The van der Waals surface area contributed by atoms with Gasteiger partial charge in [0.1, 0.15) is 0 Å². The van der Waals surface area contributed by atoms with Crippen molar-refractivity contribution >= 4 is 11.9 Å². The predicted molar refractivity (Wildman–Crippen MR) is 35.3 cm³/mol. The quantitative estimate of drug-likeness (QED) is 0.537. The summed E-state index contributed by atoms with van der Waals surface area (Å²) in [5.74, 6) is -1.75. The third-order valence-corrected chi connectivity index (χ3v) is 2.00. The predicted octanol–water partition coefficient (Wildman–Crippen LogP) is -1.35.